The smallest absolute Gasteiger partial charge is 0.277 e. The Morgan fingerprint density at radius 1 is 1.12 bits per heavy atom. The van der Waals surface area contributed by atoms with Crippen LogP contribution in [-0.2, 0) is 6.54 Å². The fourth-order valence-corrected chi connectivity index (χ4v) is 2.75. The highest BCUT2D eigenvalue weighted by molar-refractivity contribution is 9.10. The van der Waals surface area contributed by atoms with Crippen LogP contribution >= 0.6 is 15.9 Å². The summed E-state index contributed by atoms with van der Waals surface area (Å²) in [5.41, 5.74) is 1.21. The summed E-state index contributed by atoms with van der Waals surface area (Å²) in [5, 5.41) is 2.65. The number of anilines is 1. The summed E-state index contributed by atoms with van der Waals surface area (Å²) in [4.78, 5) is 29.4. The highest BCUT2D eigenvalue weighted by atomic mass is 79.9. The summed E-state index contributed by atoms with van der Waals surface area (Å²) >= 11 is 3.39. The van der Waals surface area contributed by atoms with E-state index in [-0.39, 0.29) is 17.2 Å². The largest absolute Gasteiger partial charge is 0.316 e. The third kappa shape index (κ3) is 3.69. The molecule has 0 aliphatic rings. The van der Waals surface area contributed by atoms with Gasteiger partial charge in [0, 0.05) is 22.1 Å². The zero-order chi connectivity index (χ0) is 17.8. The van der Waals surface area contributed by atoms with Crippen LogP contribution in [0.5, 0.6) is 0 Å². The first-order valence-electron chi connectivity index (χ1n) is 7.82. The molecule has 3 aromatic rings. The summed E-state index contributed by atoms with van der Waals surface area (Å²) in [7, 11) is 0. The summed E-state index contributed by atoms with van der Waals surface area (Å²) < 4.78 is 2.50. The molecule has 0 radical (unpaired) electrons. The molecule has 1 amide bonds. The molecule has 0 bridgehead atoms. The maximum absolute atomic E-state index is 12.7. The Hall–Kier alpha value is -2.73. The average molecular weight is 398 g/mol. The van der Waals surface area contributed by atoms with Crippen molar-refractivity contribution in [2.45, 2.75) is 13.5 Å². The Bertz CT molecular complexity index is 951. The molecule has 0 saturated carbocycles. The summed E-state index contributed by atoms with van der Waals surface area (Å²) in [6, 6.07) is 16.3. The van der Waals surface area contributed by atoms with Crippen molar-refractivity contribution in [2.24, 2.45) is 0 Å². The first kappa shape index (κ1) is 17.1. The van der Waals surface area contributed by atoms with E-state index in [0.29, 0.717) is 17.9 Å². The van der Waals surface area contributed by atoms with Crippen molar-refractivity contribution in [1.82, 2.24) is 9.55 Å². The lowest BCUT2D eigenvalue weighted by Gasteiger charge is -2.12. The van der Waals surface area contributed by atoms with Crippen molar-refractivity contribution in [3.63, 3.8) is 0 Å². The number of nitrogens with one attached hydrogen (secondary N) is 1. The molecule has 0 unspecified atom stereocenters. The van der Waals surface area contributed by atoms with Crippen molar-refractivity contribution in [3.8, 4) is 11.4 Å². The number of benzene rings is 2. The van der Waals surface area contributed by atoms with Crippen molar-refractivity contribution < 1.29 is 4.79 Å². The van der Waals surface area contributed by atoms with E-state index < -0.39 is 0 Å². The van der Waals surface area contributed by atoms with E-state index >= 15 is 0 Å². The normalized spacial score (nSPS) is 10.5. The predicted molar refractivity (Wildman–Crippen MR) is 102 cm³/mol. The SMILES string of the molecule is CCn1c(-c2ccc(Br)cc2)ncc(NC(=O)c2ccccc2)c1=O. The molecule has 5 nitrogen and oxygen atoms in total. The lowest BCUT2D eigenvalue weighted by atomic mass is 10.2. The van der Waals surface area contributed by atoms with Crippen LogP contribution in [0.15, 0.2) is 70.1 Å². The fraction of sp³-hybridized carbons (Fsp3) is 0.105. The summed E-state index contributed by atoms with van der Waals surface area (Å²) in [6.07, 6.45) is 1.41. The van der Waals surface area contributed by atoms with Gasteiger partial charge in [-0.05, 0) is 31.2 Å². The Morgan fingerprint density at radius 3 is 2.44 bits per heavy atom. The Morgan fingerprint density at radius 2 is 1.80 bits per heavy atom. The second-order valence-electron chi connectivity index (χ2n) is 5.37. The van der Waals surface area contributed by atoms with Gasteiger partial charge < -0.3 is 5.32 Å². The number of rotatable bonds is 4. The second kappa shape index (κ2) is 7.44. The van der Waals surface area contributed by atoms with Gasteiger partial charge in [0.2, 0.25) is 0 Å². The van der Waals surface area contributed by atoms with Gasteiger partial charge in [0.15, 0.2) is 0 Å². The predicted octanol–water partition coefficient (Wildman–Crippen LogP) is 3.95. The van der Waals surface area contributed by atoms with Crippen LogP contribution < -0.4 is 10.9 Å². The summed E-state index contributed by atoms with van der Waals surface area (Å²) in [6.45, 7) is 2.32. The van der Waals surface area contributed by atoms with Crippen molar-refractivity contribution in [3.05, 3.63) is 81.2 Å². The van der Waals surface area contributed by atoms with Crippen LogP contribution in [0.1, 0.15) is 17.3 Å². The minimum Gasteiger partial charge on any atom is -0.316 e. The first-order valence-corrected chi connectivity index (χ1v) is 8.61. The van der Waals surface area contributed by atoms with Gasteiger partial charge >= 0.3 is 0 Å². The van der Waals surface area contributed by atoms with Crippen LogP contribution in [0.25, 0.3) is 11.4 Å². The van der Waals surface area contributed by atoms with Gasteiger partial charge in [0.05, 0.1) is 6.20 Å². The monoisotopic (exact) mass is 397 g/mol. The standard InChI is InChI=1S/C19H16BrN3O2/c1-2-23-17(13-8-10-15(20)11-9-13)21-12-16(19(23)25)22-18(24)14-6-4-3-5-7-14/h3-12H,2H2,1H3,(H,22,24). The number of halogens is 1. The van der Waals surface area contributed by atoms with Crippen molar-refractivity contribution in [1.29, 1.82) is 0 Å². The molecule has 0 spiro atoms. The number of carbonyl (C=O) groups excluding carboxylic acids is 1. The quantitative estimate of drug-likeness (QED) is 0.724. The molecular weight excluding hydrogens is 382 g/mol. The second-order valence-corrected chi connectivity index (χ2v) is 6.29. The first-order chi connectivity index (χ1) is 12.1. The van der Waals surface area contributed by atoms with Crippen LogP contribution in [0.3, 0.4) is 0 Å². The Balaban J connectivity index is 1.96. The van der Waals surface area contributed by atoms with E-state index in [9.17, 15) is 9.59 Å². The maximum atomic E-state index is 12.7. The van der Waals surface area contributed by atoms with Gasteiger partial charge in [-0.15, -0.1) is 0 Å². The van der Waals surface area contributed by atoms with E-state index in [1.165, 1.54) is 6.20 Å². The molecule has 0 aliphatic carbocycles. The third-order valence-corrected chi connectivity index (χ3v) is 4.28. The van der Waals surface area contributed by atoms with Gasteiger partial charge in [-0.3, -0.25) is 14.2 Å². The van der Waals surface area contributed by atoms with Gasteiger partial charge in [-0.1, -0.05) is 46.3 Å². The lowest BCUT2D eigenvalue weighted by molar-refractivity contribution is 0.102. The van der Waals surface area contributed by atoms with Gasteiger partial charge in [-0.25, -0.2) is 4.98 Å². The van der Waals surface area contributed by atoms with Gasteiger partial charge in [-0.2, -0.15) is 0 Å². The number of hydrogen-bond acceptors (Lipinski definition) is 3. The van der Waals surface area contributed by atoms with Crippen LogP contribution in [0.4, 0.5) is 5.69 Å². The molecule has 126 valence electrons. The van der Waals surface area contributed by atoms with Crippen molar-refractivity contribution >= 4 is 27.5 Å². The molecule has 3 rings (SSSR count). The zero-order valence-electron chi connectivity index (χ0n) is 13.6. The third-order valence-electron chi connectivity index (χ3n) is 3.75. The number of aromatic nitrogens is 2. The van der Waals surface area contributed by atoms with E-state index in [1.54, 1.807) is 28.8 Å². The molecule has 0 atom stereocenters. The highest BCUT2D eigenvalue weighted by Gasteiger charge is 2.14. The van der Waals surface area contributed by atoms with Crippen molar-refractivity contribution in [2.75, 3.05) is 5.32 Å². The number of hydrogen-bond donors (Lipinski definition) is 1. The molecule has 0 fully saturated rings. The molecule has 25 heavy (non-hydrogen) atoms. The van der Waals surface area contributed by atoms with E-state index in [0.717, 1.165) is 10.0 Å². The molecule has 6 heteroatoms. The highest BCUT2D eigenvalue weighted by Crippen LogP contribution is 2.20. The van der Waals surface area contributed by atoms with E-state index in [1.807, 2.05) is 37.3 Å². The molecular formula is C19H16BrN3O2. The zero-order valence-corrected chi connectivity index (χ0v) is 15.2. The fourth-order valence-electron chi connectivity index (χ4n) is 2.48. The topological polar surface area (TPSA) is 64.0 Å². The Kier molecular flexibility index (Phi) is 5.09. The average Bonchev–Trinajstić information content (AvgIpc) is 2.64. The molecule has 1 aromatic heterocycles. The lowest BCUT2D eigenvalue weighted by Crippen LogP contribution is -2.27. The van der Waals surface area contributed by atoms with E-state index in [2.05, 4.69) is 26.2 Å². The van der Waals surface area contributed by atoms with Gasteiger partial charge in [0.25, 0.3) is 11.5 Å². The van der Waals surface area contributed by atoms with Crippen LogP contribution in [0.2, 0.25) is 0 Å². The molecule has 2 aromatic carbocycles. The maximum Gasteiger partial charge on any atom is 0.277 e. The van der Waals surface area contributed by atoms with Crippen LogP contribution in [-0.4, -0.2) is 15.5 Å². The molecule has 0 aliphatic heterocycles. The number of carbonyl (C=O) groups is 1. The number of nitrogens with zero attached hydrogens (tertiary/aromatic N) is 2. The summed E-state index contributed by atoms with van der Waals surface area (Å²) in [5.74, 6) is 0.233. The minimum atomic E-state index is -0.335. The molecule has 0 saturated heterocycles. The van der Waals surface area contributed by atoms with Crippen LogP contribution in [0, 0.1) is 0 Å². The van der Waals surface area contributed by atoms with Gasteiger partial charge in [0.1, 0.15) is 11.5 Å². The Labute approximate surface area is 153 Å². The molecule has 1 heterocycles. The molecule has 1 N–H and O–H groups in total. The van der Waals surface area contributed by atoms with E-state index in [4.69, 9.17) is 0 Å². The minimum absolute atomic E-state index is 0.163. The number of amides is 1.